The average Bonchev–Trinajstić information content (AvgIpc) is 3.22. The highest BCUT2D eigenvalue weighted by atomic mass is 35.5. The van der Waals surface area contributed by atoms with Crippen LogP contribution in [-0.4, -0.2) is 25.4 Å². The first-order valence-corrected chi connectivity index (χ1v) is 7.55. The number of rotatable bonds is 3. The number of imidazole rings is 1. The number of hydrogen-bond acceptors (Lipinski definition) is 5. The molecule has 124 valence electrons. The van der Waals surface area contributed by atoms with Gasteiger partial charge in [-0.1, -0.05) is 11.6 Å². The number of primary amides is 1. The van der Waals surface area contributed by atoms with E-state index in [0.29, 0.717) is 16.5 Å². The maximum Gasteiger partial charge on any atom is 0.332 e. The van der Waals surface area contributed by atoms with E-state index in [9.17, 15) is 9.59 Å². The van der Waals surface area contributed by atoms with Gasteiger partial charge in [-0.2, -0.15) is 0 Å². The quantitative estimate of drug-likeness (QED) is 0.583. The van der Waals surface area contributed by atoms with Crippen LogP contribution in [0, 0.1) is 0 Å². The summed E-state index contributed by atoms with van der Waals surface area (Å²) in [6, 6.07) is 9.92. The van der Waals surface area contributed by atoms with Crippen LogP contribution in [-0.2, 0) is 0 Å². The van der Waals surface area contributed by atoms with E-state index < -0.39 is 11.6 Å². The molecule has 3 aromatic heterocycles. The molecule has 0 unspecified atom stereocenters. The number of nitrogens with one attached hydrogen (secondary N) is 1. The van der Waals surface area contributed by atoms with Gasteiger partial charge < -0.3 is 15.1 Å². The van der Waals surface area contributed by atoms with Crippen molar-refractivity contribution in [2.24, 2.45) is 5.73 Å². The van der Waals surface area contributed by atoms with Crippen LogP contribution in [0.1, 0.15) is 10.5 Å². The Labute approximate surface area is 144 Å². The molecule has 0 spiro atoms. The van der Waals surface area contributed by atoms with Gasteiger partial charge in [-0.25, -0.2) is 19.3 Å². The Bertz CT molecular complexity index is 1140. The molecule has 25 heavy (non-hydrogen) atoms. The number of aromatic amines is 1. The third kappa shape index (κ3) is 2.48. The number of carbonyl (C=O) groups is 1. The Hall–Kier alpha value is -3.39. The first-order valence-electron chi connectivity index (χ1n) is 7.17. The van der Waals surface area contributed by atoms with E-state index in [-0.39, 0.29) is 22.7 Å². The maximum absolute atomic E-state index is 12.4. The summed E-state index contributed by atoms with van der Waals surface area (Å²) in [7, 11) is 0. The number of furan rings is 1. The molecule has 4 aromatic rings. The lowest BCUT2D eigenvalue weighted by Gasteiger charge is -2.05. The van der Waals surface area contributed by atoms with Crippen molar-refractivity contribution in [1.82, 2.24) is 19.5 Å². The lowest BCUT2D eigenvalue weighted by molar-refractivity contribution is 0.0997. The highest BCUT2D eigenvalue weighted by molar-refractivity contribution is 6.30. The van der Waals surface area contributed by atoms with Gasteiger partial charge in [0.1, 0.15) is 5.52 Å². The third-order valence-electron chi connectivity index (χ3n) is 3.60. The van der Waals surface area contributed by atoms with Crippen molar-refractivity contribution < 1.29 is 9.21 Å². The lowest BCUT2D eigenvalue weighted by Crippen LogP contribution is -2.15. The van der Waals surface area contributed by atoms with Crippen LogP contribution in [0.4, 0.5) is 0 Å². The Morgan fingerprint density at radius 3 is 2.60 bits per heavy atom. The van der Waals surface area contributed by atoms with Gasteiger partial charge in [0, 0.05) is 5.02 Å². The minimum atomic E-state index is -0.787. The van der Waals surface area contributed by atoms with E-state index in [1.54, 1.807) is 36.4 Å². The third-order valence-corrected chi connectivity index (χ3v) is 3.85. The van der Waals surface area contributed by atoms with E-state index >= 15 is 0 Å². The van der Waals surface area contributed by atoms with Gasteiger partial charge in [-0.3, -0.25) is 4.79 Å². The molecule has 0 bridgehead atoms. The van der Waals surface area contributed by atoms with Crippen molar-refractivity contribution in [3.8, 4) is 17.3 Å². The van der Waals surface area contributed by atoms with Crippen LogP contribution >= 0.6 is 11.6 Å². The minimum absolute atomic E-state index is 0.0961. The Kier molecular flexibility index (Phi) is 3.40. The second-order valence-electron chi connectivity index (χ2n) is 5.18. The smallest absolute Gasteiger partial charge is 0.332 e. The number of fused-ring (bicyclic) bond motifs is 1. The van der Waals surface area contributed by atoms with Crippen LogP contribution in [0.5, 0.6) is 0 Å². The molecule has 1 amide bonds. The Morgan fingerprint density at radius 2 is 1.96 bits per heavy atom. The molecule has 0 aliphatic heterocycles. The van der Waals surface area contributed by atoms with Crippen molar-refractivity contribution in [2.45, 2.75) is 0 Å². The van der Waals surface area contributed by atoms with Crippen LogP contribution in [0.15, 0.2) is 51.9 Å². The van der Waals surface area contributed by atoms with Gasteiger partial charge in [-0.15, -0.1) is 0 Å². The van der Waals surface area contributed by atoms with Crippen LogP contribution in [0.3, 0.4) is 0 Å². The molecule has 0 fully saturated rings. The SMILES string of the molecule is NC(=O)c1nc(-c2ccco2)nc2c1[nH]c(=O)n2-c1ccc(Cl)cc1. The number of nitrogens with two attached hydrogens (primary N) is 1. The fraction of sp³-hybridized carbons (Fsp3) is 0. The normalized spacial score (nSPS) is 11.1. The molecular formula is C16H10ClN5O3. The van der Waals surface area contributed by atoms with Gasteiger partial charge in [0.05, 0.1) is 12.0 Å². The maximum atomic E-state index is 12.4. The summed E-state index contributed by atoms with van der Waals surface area (Å²) in [4.78, 5) is 35.3. The van der Waals surface area contributed by atoms with Crippen molar-refractivity contribution in [1.29, 1.82) is 0 Å². The average molecular weight is 356 g/mol. The number of hydrogen-bond donors (Lipinski definition) is 2. The minimum Gasteiger partial charge on any atom is -0.461 e. The van der Waals surface area contributed by atoms with E-state index in [1.807, 2.05) is 0 Å². The molecule has 1 aromatic carbocycles. The molecule has 8 nitrogen and oxygen atoms in total. The van der Waals surface area contributed by atoms with Crippen molar-refractivity contribution >= 4 is 28.7 Å². The van der Waals surface area contributed by atoms with E-state index in [2.05, 4.69) is 15.0 Å². The predicted octanol–water partition coefficient (Wildman–Crippen LogP) is 2.12. The van der Waals surface area contributed by atoms with Gasteiger partial charge in [0.25, 0.3) is 5.91 Å². The lowest BCUT2D eigenvalue weighted by atomic mass is 10.3. The topological polar surface area (TPSA) is 120 Å². The zero-order valence-electron chi connectivity index (χ0n) is 12.6. The largest absolute Gasteiger partial charge is 0.461 e. The zero-order valence-corrected chi connectivity index (χ0v) is 13.3. The van der Waals surface area contributed by atoms with Crippen LogP contribution < -0.4 is 11.4 Å². The summed E-state index contributed by atoms with van der Waals surface area (Å²) in [6.07, 6.45) is 1.45. The van der Waals surface area contributed by atoms with Crippen molar-refractivity contribution in [3.63, 3.8) is 0 Å². The highest BCUT2D eigenvalue weighted by Crippen LogP contribution is 2.22. The highest BCUT2D eigenvalue weighted by Gasteiger charge is 2.20. The molecule has 3 N–H and O–H groups in total. The molecule has 0 saturated carbocycles. The summed E-state index contributed by atoms with van der Waals surface area (Å²) in [5.41, 5.74) is 5.73. The summed E-state index contributed by atoms with van der Waals surface area (Å²) >= 11 is 5.90. The first kappa shape index (κ1) is 15.2. The van der Waals surface area contributed by atoms with Crippen LogP contribution in [0.2, 0.25) is 5.02 Å². The second kappa shape index (κ2) is 5.60. The number of amides is 1. The van der Waals surface area contributed by atoms with Gasteiger partial charge in [0.15, 0.2) is 22.9 Å². The molecule has 0 radical (unpaired) electrons. The molecular weight excluding hydrogens is 346 g/mol. The molecule has 4 rings (SSSR count). The van der Waals surface area contributed by atoms with Gasteiger partial charge in [-0.05, 0) is 36.4 Å². The number of H-pyrrole nitrogens is 1. The van der Waals surface area contributed by atoms with Crippen LogP contribution in [0.25, 0.3) is 28.4 Å². The number of benzene rings is 1. The summed E-state index contributed by atoms with van der Waals surface area (Å²) in [6.45, 7) is 0. The van der Waals surface area contributed by atoms with E-state index in [4.69, 9.17) is 21.8 Å². The monoisotopic (exact) mass is 355 g/mol. The van der Waals surface area contributed by atoms with Gasteiger partial charge >= 0.3 is 5.69 Å². The second-order valence-corrected chi connectivity index (χ2v) is 5.61. The Morgan fingerprint density at radius 1 is 1.20 bits per heavy atom. The molecule has 9 heteroatoms. The van der Waals surface area contributed by atoms with E-state index in [0.717, 1.165) is 0 Å². The standard InChI is InChI=1S/C16H10ClN5O3/c17-8-3-5-9(6-4-8)22-15-12(20-16(22)24)11(13(18)23)19-14(21-15)10-2-1-7-25-10/h1-7H,(H2,18,23)(H,20,24). The molecule has 0 atom stereocenters. The summed E-state index contributed by atoms with van der Waals surface area (Å²) in [5, 5.41) is 0.528. The first-order chi connectivity index (χ1) is 12.0. The zero-order chi connectivity index (χ0) is 17.6. The van der Waals surface area contributed by atoms with Crippen molar-refractivity contribution in [2.75, 3.05) is 0 Å². The fourth-order valence-electron chi connectivity index (χ4n) is 2.51. The fourth-order valence-corrected chi connectivity index (χ4v) is 2.63. The Balaban J connectivity index is 2.07. The molecule has 0 saturated heterocycles. The molecule has 0 aliphatic rings. The van der Waals surface area contributed by atoms with E-state index in [1.165, 1.54) is 10.8 Å². The summed E-state index contributed by atoms with van der Waals surface area (Å²) in [5.74, 6) is -0.293. The van der Waals surface area contributed by atoms with Crippen molar-refractivity contribution in [3.05, 3.63) is 63.9 Å². The number of carbonyl (C=O) groups excluding carboxylic acids is 1. The van der Waals surface area contributed by atoms with Gasteiger partial charge in [0.2, 0.25) is 0 Å². The summed E-state index contributed by atoms with van der Waals surface area (Å²) < 4.78 is 6.59. The number of halogens is 1. The predicted molar refractivity (Wildman–Crippen MR) is 90.7 cm³/mol. The number of aromatic nitrogens is 4. The molecule has 3 heterocycles. The molecule has 0 aliphatic carbocycles. The number of nitrogens with zero attached hydrogens (tertiary/aromatic N) is 3.